The van der Waals surface area contributed by atoms with Crippen LogP contribution in [0.5, 0.6) is 0 Å². The van der Waals surface area contributed by atoms with Crippen LogP contribution in [-0.4, -0.2) is 53.2 Å². The van der Waals surface area contributed by atoms with Gasteiger partial charge < -0.3 is 20.1 Å². The first kappa shape index (κ1) is 23.8. The molecule has 0 heterocycles. The van der Waals surface area contributed by atoms with E-state index in [0.29, 0.717) is 6.54 Å². The SMILES string of the molecule is CCN(C(=O)C(CCC(=O)O)NC(=O)OCC1c2ccccc2-c2ccccc21)C1CCCC1. The Hall–Kier alpha value is -3.35. The standard InChI is InChI=1S/C27H32N2O5/c1-2-29(18-9-3-4-10-18)26(32)24(15-16-25(30)31)28-27(33)34-17-23-21-13-7-5-11-19(21)20-12-6-8-14-22(20)23/h5-8,11-14,18,23-24H,2-4,9-10,15-17H2,1H3,(H,28,33)(H,30,31). The van der Waals surface area contributed by atoms with E-state index in [1.54, 1.807) is 4.90 Å². The first-order valence-electron chi connectivity index (χ1n) is 12.1. The maximum absolute atomic E-state index is 13.3. The van der Waals surface area contributed by atoms with Gasteiger partial charge in [-0.25, -0.2) is 4.79 Å². The largest absolute Gasteiger partial charge is 0.481 e. The summed E-state index contributed by atoms with van der Waals surface area (Å²) >= 11 is 0. The maximum Gasteiger partial charge on any atom is 0.407 e. The lowest BCUT2D eigenvalue weighted by Crippen LogP contribution is -2.51. The predicted octanol–water partition coefficient (Wildman–Crippen LogP) is 4.55. The maximum atomic E-state index is 13.3. The van der Waals surface area contributed by atoms with E-state index in [4.69, 9.17) is 9.84 Å². The van der Waals surface area contributed by atoms with Gasteiger partial charge in [0.1, 0.15) is 12.6 Å². The summed E-state index contributed by atoms with van der Waals surface area (Å²) < 4.78 is 5.60. The number of nitrogens with one attached hydrogen (secondary N) is 1. The molecule has 1 atom stereocenters. The number of likely N-dealkylation sites (N-methyl/N-ethyl adjacent to an activating group) is 1. The van der Waals surface area contributed by atoms with Crippen molar-refractivity contribution in [1.82, 2.24) is 10.2 Å². The molecule has 0 spiro atoms. The van der Waals surface area contributed by atoms with Crippen molar-refractivity contribution in [2.24, 2.45) is 0 Å². The first-order valence-corrected chi connectivity index (χ1v) is 12.1. The molecule has 0 aliphatic heterocycles. The smallest absolute Gasteiger partial charge is 0.407 e. The molecule has 1 saturated carbocycles. The Kier molecular flexibility index (Phi) is 7.50. The van der Waals surface area contributed by atoms with Gasteiger partial charge in [-0.3, -0.25) is 9.59 Å². The lowest BCUT2D eigenvalue weighted by atomic mass is 9.98. The number of rotatable bonds is 9. The van der Waals surface area contributed by atoms with Gasteiger partial charge in [-0.15, -0.1) is 0 Å². The molecule has 0 bridgehead atoms. The van der Waals surface area contributed by atoms with Crippen LogP contribution in [0.25, 0.3) is 11.1 Å². The van der Waals surface area contributed by atoms with Crippen molar-refractivity contribution in [2.75, 3.05) is 13.2 Å². The number of hydrogen-bond donors (Lipinski definition) is 2. The van der Waals surface area contributed by atoms with Crippen LogP contribution < -0.4 is 5.32 Å². The van der Waals surface area contributed by atoms with Crippen molar-refractivity contribution < 1.29 is 24.2 Å². The highest BCUT2D eigenvalue weighted by molar-refractivity contribution is 5.86. The van der Waals surface area contributed by atoms with Gasteiger partial charge in [-0.2, -0.15) is 0 Å². The predicted molar refractivity (Wildman–Crippen MR) is 129 cm³/mol. The molecule has 2 aliphatic carbocycles. The Morgan fingerprint density at radius 1 is 1.03 bits per heavy atom. The third kappa shape index (κ3) is 5.08. The van der Waals surface area contributed by atoms with Crippen LogP contribution >= 0.6 is 0 Å². The lowest BCUT2D eigenvalue weighted by Gasteiger charge is -2.31. The van der Waals surface area contributed by atoms with Crippen LogP contribution in [0.1, 0.15) is 62.5 Å². The molecule has 2 aliphatic rings. The molecule has 2 amide bonds. The number of carboxylic acids is 1. The van der Waals surface area contributed by atoms with Crippen molar-refractivity contribution in [3.8, 4) is 11.1 Å². The van der Waals surface area contributed by atoms with Crippen molar-refractivity contribution in [3.63, 3.8) is 0 Å². The van der Waals surface area contributed by atoms with Gasteiger partial charge in [-0.1, -0.05) is 61.4 Å². The third-order valence-electron chi connectivity index (χ3n) is 6.97. The van der Waals surface area contributed by atoms with Crippen LogP contribution in [0.4, 0.5) is 4.79 Å². The summed E-state index contributed by atoms with van der Waals surface area (Å²) in [7, 11) is 0. The van der Waals surface area contributed by atoms with Crippen molar-refractivity contribution >= 4 is 18.0 Å². The number of carbonyl (C=O) groups excluding carboxylic acids is 2. The van der Waals surface area contributed by atoms with Gasteiger partial charge in [-0.05, 0) is 48.4 Å². The van der Waals surface area contributed by atoms with Gasteiger partial charge in [0.05, 0.1) is 0 Å². The molecular formula is C27H32N2O5. The molecule has 1 fully saturated rings. The number of aliphatic carboxylic acids is 1. The summed E-state index contributed by atoms with van der Waals surface area (Å²) in [6.45, 7) is 2.58. The highest BCUT2D eigenvalue weighted by atomic mass is 16.5. The quantitative estimate of drug-likeness (QED) is 0.568. The molecule has 2 aromatic rings. The van der Waals surface area contributed by atoms with Crippen LogP contribution in [0, 0.1) is 0 Å². The zero-order valence-corrected chi connectivity index (χ0v) is 19.5. The zero-order chi connectivity index (χ0) is 24.1. The minimum absolute atomic E-state index is 0.0293. The number of carbonyl (C=O) groups is 3. The Labute approximate surface area is 200 Å². The normalized spacial score (nSPS) is 15.9. The molecule has 0 aromatic heterocycles. The number of alkyl carbamates (subject to hydrolysis) is 1. The molecule has 4 rings (SSSR count). The molecule has 34 heavy (non-hydrogen) atoms. The van der Waals surface area contributed by atoms with E-state index in [2.05, 4.69) is 17.4 Å². The summed E-state index contributed by atoms with van der Waals surface area (Å²) in [6.07, 6.45) is 3.16. The Morgan fingerprint density at radius 3 is 2.18 bits per heavy atom. The molecule has 2 N–H and O–H groups in total. The molecule has 7 heteroatoms. The van der Waals surface area contributed by atoms with E-state index < -0.39 is 18.1 Å². The summed E-state index contributed by atoms with van der Waals surface area (Å²) in [5, 5.41) is 11.8. The highest BCUT2D eigenvalue weighted by Crippen LogP contribution is 2.44. The van der Waals surface area contributed by atoms with Gasteiger partial charge in [0.25, 0.3) is 0 Å². The summed E-state index contributed by atoms with van der Waals surface area (Å²) in [4.78, 5) is 39.0. The van der Waals surface area contributed by atoms with E-state index in [1.807, 2.05) is 43.3 Å². The fourth-order valence-corrected chi connectivity index (χ4v) is 5.32. The second-order valence-electron chi connectivity index (χ2n) is 9.02. The average molecular weight is 465 g/mol. The third-order valence-corrected chi connectivity index (χ3v) is 6.97. The highest BCUT2D eigenvalue weighted by Gasteiger charge is 2.33. The van der Waals surface area contributed by atoms with E-state index in [-0.39, 0.29) is 37.3 Å². The van der Waals surface area contributed by atoms with Crippen molar-refractivity contribution in [2.45, 2.75) is 63.5 Å². The van der Waals surface area contributed by atoms with Crippen LogP contribution in [-0.2, 0) is 14.3 Å². The van der Waals surface area contributed by atoms with E-state index in [9.17, 15) is 14.4 Å². The zero-order valence-electron chi connectivity index (χ0n) is 19.5. The van der Waals surface area contributed by atoms with Gasteiger partial charge in [0, 0.05) is 24.9 Å². The monoisotopic (exact) mass is 464 g/mol. The first-order chi connectivity index (χ1) is 16.5. The van der Waals surface area contributed by atoms with E-state index in [0.717, 1.165) is 47.9 Å². The Bertz CT molecular complexity index is 1000. The fourth-order valence-electron chi connectivity index (χ4n) is 5.32. The lowest BCUT2D eigenvalue weighted by molar-refractivity contribution is -0.138. The second-order valence-corrected chi connectivity index (χ2v) is 9.02. The number of ether oxygens (including phenoxy) is 1. The Morgan fingerprint density at radius 2 is 1.62 bits per heavy atom. The number of carboxylic acid groups (broad SMARTS) is 1. The number of hydrogen-bond acceptors (Lipinski definition) is 4. The van der Waals surface area contributed by atoms with Gasteiger partial charge >= 0.3 is 12.1 Å². The average Bonchev–Trinajstić information content (AvgIpc) is 3.47. The summed E-state index contributed by atoms with van der Waals surface area (Å²) in [6, 6.07) is 15.4. The number of fused-ring (bicyclic) bond motifs is 3. The van der Waals surface area contributed by atoms with E-state index >= 15 is 0 Å². The van der Waals surface area contributed by atoms with E-state index in [1.165, 1.54) is 0 Å². The minimum atomic E-state index is -1.00. The number of benzene rings is 2. The Balaban J connectivity index is 1.44. The second kappa shape index (κ2) is 10.7. The topological polar surface area (TPSA) is 95.9 Å². The van der Waals surface area contributed by atoms with Crippen molar-refractivity contribution in [1.29, 1.82) is 0 Å². The molecule has 0 radical (unpaired) electrons. The molecule has 2 aromatic carbocycles. The minimum Gasteiger partial charge on any atom is -0.481 e. The number of amides is 2. The molecule has 7 nitrogen and oxygen atoms in total. The van der Waals surface area contributed by atoms with Crippen LogP contribution in [0.2, 0.25) is 0 Å². The summed E-state index contributed by atoms with van der Waals surface area (Å²) in [5.41, 5.74) is 4.48. The number of nitrogens with zero attached hydrogens (tertiary/aromatic N) is 1. The molecule has 0 saturated heterocycles. The van der Waals surface area contributed by atoms with Crippen molar-refractivity contribution in [3.05, 3.63) is 59.7 Å². The molecular weight excluding hydrogens is 432 g/mol. The summed E-state index contributed by atoms with van der Waals surface area (Å²) in [5.74, 6) is -1.32. The molecule has 1 unspecified atom stereocenters. The van der Waals surface area contributed by atoms with Crippen LogP contribution in [0.15, 0.2) is 48.5 Å². The van der Waals surface area contributed by atoms with Gasteiger partial charge in [0.2, 0.25) is 5.91 Å². The molecule has 180 valence electrons. The fraction of sp³-hybridized carbons (Fsp3) is 0.444. The van der Waals surface area contributed by atoms with Gasteiger partial charge in [0.15, 0.2) is 0 Å². The van der Waals surface area contributed by atoms with Crippen LogP contribution in [0.3, 0.4) is 0 Å².